The van der Waals surface area contributed by atoms with Gasteiger partial charge in [0.05, 0.1) is 24.3 Å². The van der Waals surface area contributed by atoms with Crippen molar-refractivity contribution < 1.29 is 23.0 Å². The van der Waals surface area contributed by atoms with Crippen molar-refractivity contribution in [1.29, 1.82) is 0 Å². The highest BCUT2D eigenvalue weighted by molar-refractivity contribution is 7.89. The molecular weight excluding hydrogens is 344 g/mol. The van der Waals surface area contributed by atoms with Crippen molar-refractivity contribution in [3.05, 3.63) is 48.0 Å². The zero-order chi connectivity index (χ0) is 18.3. The Bertz CT molecular complexity index is 833. The number of rotatable bonds is 8. The fourth-order valence-corrected chi connectivity index (χ4v) is 2.81. The maximum Gasteiger partial charge on any atom is 0.276 e. The molecule has 134 valence electrons. The second-order valence-corrected chi connectivity index (χ2v) is 6.55. The van der Waals surface area contributed by atoms with Crippen LogP contribution in [0.1, 0.15) is 19.4 Å². The average Bonchev–Trinajstić information content (AvgIpc) is 2.59. The van der Waals surface area contributed by atoms with Gasteiger partial charge in [-0.3, -0.25) is 0 Å². The number of aromatic hydroxyl groups is 1. The molecule has 0 unspecified atom stereocenters. The first-order chi connectivity index (χ1) is 12.0. The second kappa shape index (κ2) is 8.39. The van der Waals surface area contributed by atoms with E-state index in [0.717, 1.165) is 0 Å². The maximum absolute atomic E-state index is 12.2. The molecule has 0 aliphatic carbocycles. The summed E-state index contributed by atoms with van der Waals surface area (Å²) in [5.74, 6) is 0.789. The highest BCUT2D eigenvalue weighted by Gasteiger charge is 2.13. The fraction of sp³-hybridized carbons (Fsp3) is 0.235. The van der Waals surface area contributed by atoms with Crippen molar-refractivity contribution >= 4 is 16.2 Å². The van der Waals surface area contributed by atoms with Crippen molar-refractivity contribution in [3.8, 4) is 17.2 Å². The number of nitrogens with zero attached hydrogens (tertiary/aromatic N) is 1. The van der Waals surface area contributed by atoms with Gasteiger partial charge in [-0.25, -0.2) is 4.83 Å². The van der Waals surface area contributed by atoms with Gasteiger partial charge < -0.3 is 14.6 Å². The van der Waals surface area contributed by atoms with Gasteiger partial charge >= 0.3 is 0 Å². The molecule has 8 heteroatoms. The number of benzene rings is 2. The number of para-hydroxylation sites is 1. The largest absolute Gasteiger partial charge is 0.504 e. The molecule has 2 rings (SSSR count). The molecule has 2 aromatic carbocycles. The van der Waals surface area contributed by atoms with E-state index in [1.807, 2.05) is 6.92 Å². The lowest BCUT2D eigenvalue weighted by Gasteiger charge is -2.08. The Kier molecular flexibility index (Phi) is 6.24. The quantitative estimate of drug-likeness (QED) is 0.554. The average molecular weight is 364 g/mol. The zero-order valence-electron chi connectivity index (χ0n) is 14.0. The van der Waals surface area contributed by atoms with Gasteiger partial charge in [-0.15, -0.1) is 0 Å². The maximum atomic E-state index is 12.2. The summed E-state index contributed by atoms with van der Waals surface area (Å²) in [6.07, 6.45) is 1.21. The Morgan fingerprint density at radius 2 is 1.76 bits per heavy atom. The minimum absolute atomic E-state index is 0.0559. The van der Waals surface area contributed by atoms with Gasteiger partial charge in [0.1, 0.15) is 5.75 Å². The lowest BCUT2D eigenvalue weighted by Crippen LogP contribution is -2.18. The Balaban J connectivity index is 2.11. The third kappa shape index (κ3) is 4.87. The Labute approximate surface area is 147 Å². The Morgan fingerprint density at radius 1 is 1.08 bits per heavy atom. The zero-order valence-corrected chi connectivity index (χ0v) is 14.8. The molecule has 0 aliphatic rings. The van der Waals surface area contributed by atoms with Crippen LogP contribution in [-0.4, -0.2) is 33.0 Å². The number of hydrazone groups is 1. The summed E-state index contributed by atoms with van der Waals surface area (Å²) in [7, 11) is -3.81. The number of ether oxygens (including phenoxy) is 2. The van der Waals surface area contributed by atoms with Crippen LogP contribution < -0.4 is 14.3 Å². The summed E-state index contributed by atoms with van der Waals surface area (Å²) in [6.45, 7) is 4.54. The predicted molar refractivity (Wildman–Crippen MR) is 94.8 cm³/mol. The molecule has 0 fully saturated rings. The summed E-state index contributed by atoms with van der Waals surface area (Å²) < 4.78 is 34.9. The third-order valence-electron chi connectivity index (χ3n) is 3.15. The molecule has 0 atom stereocenters. The van der Waals surface area contributed by atoms with Gasteiger partial charge in [0.25, 0.3) is 10.0 Å². The summed E-state index contributed by atoms with van der Waals surface area (Å²) in [5.41, 5.74) is 0.334. The normalized spacial score (nSPS) is 11.4. The predicted octanol–water partition coefficient (Wildman–Crippen LogP) is 2.50. The van der Waals surface area contributed by atoms with Crippen LogP contribution in [-0.2, 0) is 10.0 Å². The Morgan fingerprint density at radius 3 is 2.40 bits per heavy atom. The molecule has 0 aliphatic heterocycles. The van der Waals surface area contributed by atoms with Gasteiger partial charge in [-0.2, -0.15) is 13.5 Å². The van der Waals surface area contributed by atoms with E-state index in [2.05, 4.69) is 9.93 Å². The van der Waals surface area contributed by atoms with Gasteiger partial charge in [-0.1, -0.05) is 6.07 Å². The molecule has 2 N–H and O–H groups in total. The van der Waals surface area contributed by atoms with E-state index in [1.165, 1.54) is 18.3 Å². The molecule has 0 bridgehead atoms. The minimum Gasteiger partial charge on any atom is -0.504 e. The van der Waals surface area contributed by atoms with E-state index in [4.69, 9.17) is 9.47 Å². The molecule has 7 nitrogen and oxygen atoms in total. The molecule has 0 saturated carbocycles. The highest BCUT2D eigenvalue weighted by atomic mass is 32.2. The van der Waals surface area contributed by atoms with Crippen LogP contribution in [0.3, 0.4) is 0 Å². The molecule has 0 radical (unpaired) electrons. The van der Waals surface area contributed by atoms with E-state index in [-0.39, 0.29) is 10.6 Å². The van der Waals surface area contributed by atoms with Crippen LogP contribution in [0.5, 0.6) is 17.2 Å². The third-order valence-corrected chi connectivity index (χ3v) is 4.39. The highest BCUT2D eigenvalue weighted by Crippen LogP contribution is 2.28. The molecule has 25 heavy (non-hydrogen) atoms. The molecule has 0 heterocycles. The SMILES string of the molecule is CCOc1ccc(S(=O)(=O)N/N=C/c2cccc(OCC)c2O)cc1. The monoisotopic (exact) mass is 364 g/mol. The van der Waals surface area contributed by atoms with Gasteiger partial charge in [0, 0.05) is 5.56 Å². The van der Waals surface area contributed by atoms with E-state index >= 15 is 0 Å². The number of phenols is 1. The van der Waals surface area contributed by atoms with Crippen molar-refractivity contribution in [2.75, 3.05) is 13.2 Å². The number of phenolic OH excluding ortho intramolecular Hbond substituents is 1. The van der Waals surface area contributed by atoms with E-state index in [1.54, 1.807) is 37.3 Å². The van der Waals surface area contributed by atoms with Crippen molar-refractivity contribution in [2.24, 2.45) is 5.10 Å². The number of hydrogen-bond donors (Lipinski definition) is 2. The minimum atomic E-state index is -3.81. The van der Waals surface area contributed by atoms with Crippen LogP contribution in [0.15, 0.2) is 52.5 Å². The molecule has 2 aromatic rings. The Hall–Kier alpha value is -2.74. The summed E-state index contributed by atoms with van der Waals surface area (Å²) in [5, 5.41) is 13.7. The first-order valence-electron chi connectivity index (χ1n) is 7.70. The molecule has 0 aromatic heterocycles. The number of sulfonamides is 1. The first kappa shape index (κ1) is 18.6. The number of nitrogens with one attached hydrogen (secondary N) is 1. The van der Waals surface area contributed by atoms with Crippen molar-refractivity contribution in [3.63, 3.8) is 0 Å². The van der Waals surface area contributed by atoms with Crippen LogP contribution in [0.2, 0.25) is 0 Å². The van der Waals surface area contributed by atoms with Crippen LogP contribution in [0.4, 0.5) is 0 Å². The lowest BCUT2D eigenvalue weighted by atomic mass is 10.2. The number of hydrogen-bond acceptors (Lipinski definition) is 6. The summed E-state index contributed by atoms with van der Waals surface area (Å²) in [4.78, 5) is 2.16. The van der Waals surface area contributed by atoms with Crippen LogP contribution in [0, 0.1) is 0 Å². The van der Waals surface area contributed by atoms with Crippen molar-refractivity contribution in [2.45, 2.75) is 18.7 Å². The van der Waals surface area contributed by atoms with Crippen LogP contribution in [0.25, 0.3) is 0 Å². The smallest absolute Gasteiger partial charge is 0.276 e. The molecule has 0 spiro atoms. The standard InChI is InChI=1S/C17H20N2O5S/c1-3-23-14-8-10-15(11-9-14)25(21,22)19-18-12-13-6-5-7-16(17(13)20)24-4-2/h5-12,19-20H,3-4H2,1-2H3/b18-12+. The topological polar surface area (TPSA) is 97.2 Å². The second-order valence-electron chi connectivity index (χ2n) is 4.88. The van der Waals surface area contributed by atoms with E-state index in [0.29, 0.717) is 30.3 Å². The van der Waals surface area contributed by atoms with Crippen molar-refractivity contribution in [1.82, 2.24) is 4.83 Å². The van der Waals surface area contributed by atoms with E-state index in [9.17, 15) is 13.5 Å². The molecule has 0 saturated heterocycles. The molecule has 0 amide bonds. The first-order valence-corrected chi connectivity index (χ1v) is 9.18. The van der Waals surface area contributed by atoms with Gasteiger partial charge in [-0.05, 0) is 50.2 Å². The molecular formula is C17H20N2O5S. The summed E-state index contributed by atoms with van der Waals surface area (Å²) in [6, 6.07) is 10.9. The van der Waals surface area contributed by atoms with Gasteiger partial charge in [0.15, 0.2) is 11.5 Å². The lowest BCUT2D eigenvalue weighted by molar-refractivity contribution is 0.318. The van der Waals surface area contributed by atoms with Gasteiger partial charge in [0.2, 0.25) is 0 Å². The fourth-order valence-electron chi connectivity index (χ4n) is 2.02. The summed E-state index contributed by atoms with van der Waals surface area (Å²) >= 11 is 0. The van der Waals surface area contributed by atoms with E-state index < -0.39 is 10.0 Å². The van der Waals surface area contributed by atoms with Crippen LogP contribution >= 0.6 is 0 Å².